The average Bonchev–Trinajstić information content (AvgIpc) is 3.14. The minimum atomic E-state index is -0.287. The van der Waals surface area contributed by atoms with E-state index in [1.807, 2.05) is 42.5 Å². The Hall–Kier alpha value is -3.58. The fourth-order valence-corrected chi connectivity index (χ4v) is 4.64. The van der Waals surface area contributed by atoms with Crippen LogP contribution in [0.25, 0.3) is 10.2 Å². The first-order valence-electron chi connectivity index (χ1n) is 10.6. The summed E-state index contributed by atoms with van der Waals surface area (Å²) >= 11 is 1.48. The lowest BCUT2D eigenvalue weighted by molar-refractivity contribution is 0.0998. The van der Waals surface area contributed by atoms with Crippen LogP contribution in [0.3, 0.4) is 0 Å². The quantitative estimate of drug-likeness (QED) is 0.411. The largest absolute Gasteiger partial charge is 0.486 e. The highest BCUT2D eigenvalue weighted by molar-refractivity contribution is 7.16. The van der Waals surface area contributed by atoms with Crippen molar-refractivity contribution in [3.8, 4) is 23.0 Å². The maximum absolute atomic E-state index is 12.9. The molecule has 3 aromatic carbocycles. The molecule has 0 bridgehead atoms. The second-order valence-corrected chi connectivity index (χ2v) is 8.37. The van der Waals surface area contributed by atoms with Gasteiger partial charge in [0.25, 0.3) is 5.91 Å². The van der Waals surface area contributed by atoms with Gasteiger partial charge in [0.15, 0.2) is 16.3 Å². The van der Waals surface area contributed by atoms with E-state index in [0.29, 0.717) is 29.3 Å². The van der Waals surface area contributed by atoms with E-state index < -0.39 is 0 Å². The molecule has 6 nitrogen and oxygen atoms in total. The predicted octanol–water partition coefficient (Wildman–Crippen LogP) is 5.42. The summed E-state index contributed by atoms with van der Waals surface area (Å²) in [5, 5.41) is 0. The molecule has 1 amide bonds. The zero-order valence-corrected chi connectivity index (χ0v) is 18.4. The number of aromatic nitrogens is 1. The third-order valence-electron chi connectivity index (χ3n) is 5.07. The van der Waals surface area contributed by atoms with Crippen LogP contribution in [0.2, 0.25) is 0 Å². The van der Waals surface area contributed by atoms with Gasteiger partial charge in [0.1, 0.15) is 24.7 Å². The first-order valence-corrected chi connectivity index (χ1v) is 11.4. The normalized spacial score (nSPS) is 13.3. The Morgan fingerprint density at radius 1 is 1.00 bits per heavy atom. The van der Waals surface area contributed by atoms with Crippen molar-refractivity contribution < 1.29 is 19.0 Å². The second kappa shape index (κ2) is 8.88. The third-order valence-corrected chi connectivity index (χ3v) is 6.11. The zero-order valence-electron chi connectivity index (χ0n) is 17.6. The number of aryl methyl sites for hydroxylation is 1. The van der Waals surface area contributed by atoms with Crippen LogP contribution in [-0.4, -0.2) is 23.7 Å². The lowest BCUT2D eigenvalue weighted by Gasteiger charge is -2.18. The Balaban J connectivity index is 1.46. The molecule has 32 heavy (non-hydrogen) atoms. The molecular formula is C25H22N2O4S. The van der Waals surface area contributed by atoms with E-state index in [4.69, 9.17) is 14.2 Å². The number of carbonyl (C=O) groups is 1. The highest BCUT2D eigenvalue weighted by Gasteiger charge is 2.17. The molecule has 1 aliphatic heterocycles. The molecule has 0 unspecified atom stereocenters. The molecule has 1 aliphatic rings. The standard InChI is InChI=1S/C25H22N2O4S/c1-2-12-27-20-15-21-22(30-14-13-29-21)16-23(20)32-25(27)26-24(28)17-8-10-19(11-9-17)31-18-6-4-3-5-7-18/h3-11,15-16H,2,12-14H2,1H3. The smallest absolute Gasteiger partial charge is 0.279 e. The molecule has 0 saturated carbocycles. The van der Waals surface area contributed by atoms with Gasteiger partial charge in [-0.1, -0.05) is 36.5 Å². The van der Waals surface area contributed by atoms with Crippen LogP contribution in [0.5, 0.6) is 23.0 Å². The minimum absolute atomic E-state index is 0.287. The highest BCUT2D eigenvalue weighted by atomic mass is 32.1. The first-order chi connectivity index (χ1) is 15.7. The fourth-order valence-electron chi connectivity index (χ4n) is 3.57. The van der Waals surface area contributed by atoms with Crippen molar-refractivity contribution in [3.05, 3.63) is 77.1 Å². The van der Waals surface area contributed by atoms with Crippen LogP contribution in [0.4, 0.5) is 0 Å². The molecule has 0 spiro atoms. The molecule has 162 valence electrons. The molecule has 0 N–H and O–H groups in total. The fraction of sp³-hybridized carbons (Fsp3) is 0.200. The Labute approximate surface area is 189 Å². The summed E-state index contributed by atoms with van der Waals surface area (Å²) in [6, 6.07) is 20.5. The number of hydrogen-bond acceptors (Lipinski definition) is 5. The van der Waals surface area contributed by atoms with Crippen LogP contribution < -0.4 is 19.0 Å². The van der Waals surface area contributed by atoms with Gasteiger partial charge in [0.05, 0.1) is 10.2 Å². The SMILES string of the molecule is CCCn1c(=NC(=O)c2ccc(Oc3ccccc3)cc2)sc2cc3c(cc21)OCCO3. The van der Waals surface area contributed by atoms with Gasteiger partial charge in [-0.05, 0) is 42.8 Å². The zero-order chi connectivity index (χ0) is 21.9. The van der Waals surface area contributed by atoms with Crippen molar-refractivity contribution in [1.29, 1.82) is 0 Å². The van der Waals surface area contributed by atoms with Gasteiger partial charge >= 0.3 is 0 Å². The number of nitrogens with zero attached hydrogens (tertiary/aromatic N) is 2. The van der Waals surface area contributed by atoms with Gasteiger partial charge in [-0.2, -0.15) is 4.99 Å². The number of ether oxygens (including phenoxy) is 3. The van der Waals surface area contributed by atoms with Gasteiger partial charge in [0.2, 0.25) is 0 Å². The number of rotatable bonds is 5. The van der Waals surface area contributed by atoms with Crippen LogP contribution in [0, 0.1) is 0 Å². The molecule has 7 heteroatoms. The number of amides is 1. The molecule has 0 aliphatic carbocycles. The third kappa shape index (κ3) is 4.11. The van der Waals surface area contributed by atoms with Crippen molar-refractivity contribution in [2.45, 2.75) is 19.9 Å². The lowest BCUT2D eigenvalue weighted by atomic mass is 10.2. The summed E-state index contributed by atoms with van der Waals surface area (Å²) in [4.78, 5) is 18.0. The Morgan fingerprint density at radius 2 is 1.69 bits per heavy atom. The molecule has 5 rings (SSSR count). The maximum atomic E-state index is 12.9. The number of thiazole rings is 1. The Bertz CT molecular complexity index is 1320. The van der Waals surface area contributed by atoms with Crippen molar-refractivity contribution in [2.24, 2.45) is 4.99 Å². The van der Waals surface area contributed by atoms with E-state index in [1.165, 1.54) is 11.3 Å². The lowest BCUT2D eigenvalue weighted by Crippen LogP contribution is -2.17. The summed E-state index contributed by atoms with van der Waals surface area (Å²) in [7, 11) is 0. The summed E-state index contributed by atoms with van der Waals surface area (Å²) < 4.78 is 20.3. The first kappa shape index (κ1) is 20.3. The topological polar surface area (TPSA) is 62.1 Å². The van der Waals surface area contributed by atoms with Crippen LogP contribution >= 0.6 is 11.3 Å². The maximum Gasteiger partial charge on any atom is 0.279 e. The molecule has 1 aromatic heterocycles. The second-order valence-electron chi connectivity index (χ2n) is 7.36. The van der Waals surface area contributed by atoms with Gasteiger partial charge in [-0.15, -0.1) is 0 Å². The number of benzene rings is 3. The van der Waals surface area contributed by atoms with Crippen LogP contribution in [-0.2, 0) is 6.54 Å². The van der Waals surface area contributed by atoms with E-state index in [-0.39, 0.29) is 5.91 Å². The highest BCUT2D eigenvalue weighted by Crippen LogP contribution is 2.35. The van der Waals surface area contributed by atoms with Gasteiger partial charge in [0, 0.05) is 24.2 Å². The molecular weight excluding hydrogens is 424 g/mol. The molecule has 0 atom stereocenters. The van der Waals surface area contributed by atoms with Crippen molar-refractivity contribution in [3.63, 3.8) is 0 Å². The molecule has 2 heterocycles. The van der Waals surface area contributed by atoms with Crippen LogP contribution in [0.15, 0.2) is 71.7 Å². The molecule has 0 saturated heterocycles. The molecule has 0 fully saturated rings. The van der Waals surface area contributed by atoms with Gasteiger partial charge < -0.3 is 18.8 Å². The van der Waals surface area contributed by atoms with E-state index in [9.17, 15) is 4.79 Å². The summed E-state index contributed by atoms with van der Waals surface area (Å²) in [6.07, 6.45) is 0.924. The Morgan fingerprint density at radius 3 is 2.41 bits per heavy atom. The van der Waals surface area contributed by atoms with Crippen LogP contribution in [0.1, 0.15) is 23.7 Å². The van der Waals surface area contributed by atoms with E-state index in [2.05, 4.69) is 16.5 Å². The average molecular weight is 447 g/mol. The van der Waals surface area contributed by atoms with Crippen molar-refractivity contribution >= 4 is 27.5 Å². The number of hydrogen-bond donors (Lipinski definition) is 0. The molecule has 0 radical (unpaired) electrons. The monoisotopic (exact) mass is 446 g/mol. The predicted molar refractivity (Wildman–Crippen MR) is 124 cm³/mol. The number of carbonyl (C=O) groups excluding carboxylic acids is 1. The summed E-state index contributed by atoms with van der Waals surface area (Å²) in [5.41, 5.74) is 1.51. The van der Waals surface area contributed by atoms with Gasteiger partial charge in [-0.25, -0.2) is 0 Å². The van der Waals surface area contributed by atoms with E-state index in [0.717, 1.165) is 40.4 Å². The van der Waals surface area contributed by atoms with E-state index in [1.54, 1.807) is 24.3 Å². The minimum Gasteiger partial charge on any atom is -0.486 e. The van der Waals surface area contributed by atoms with Crippen molar-refractivity contribution in [1.82, 2.24) is 4.57 Å². The van der Waals surface area contributed by atoms with Crippen molar-refractivity contribution in [2.75, 3.05) is 13.2 Å². The summed E-state index contributed by atoms with van der Waals surface area (Å²) in [5.74, 6) is 2.60. The van der Waals surface area contributed by atoms with E-state index >= 15 is 0 Å². The summed E-state index contributed by atoms with van der Waals surface area (Å²) in [6.45, 7) is 3.94. The number of para-hydroxylation sites is 1. The molecule has 4 aromatic rings. The number of fused-ring (bicyclic) bond motifs is 2. The van der Waals surface area contributed by atoms with Gasteiger partial charge in [-0.3, -0.25) is 4.79 Å². The Kier molecular flexibility index (Phi) is 5.64.